The fourth-order valence-electron chi connectivity index (χ4n) is 3.25. The largest absolute Gasteiger partial charge is 0.329 e. The van der Waals surface area contributed by atoms with Crippen molar-refractivity contribution in [1.29, 1.82) is 0 Å². The molecule has 2 N–H and O–H groups in total. The van der Waals surface area contributed by atoms with E-state index in [-0.39, 0.29) is 6.04 Å². The Morgan fingerprint density at radius 1 is 1.19 bits per heavy atom. The molecule has 0 aliphatic carbocycles. The van der Waals surface area contributed by atoms with E-state index in [0.29, 0.717) is 12.6 Å². The Morgan fingerprint density at radius 3 is 2.57 bits per heavy atom. The number of pyridine rings is 1. The molecule has 110 valence electrons. The van der Waals surface area contributed by atoms with Crippen LogP contribution in [0.2, 0.25) is 0 Å². The predicted molar refractivity (Wildman–Crippen MR) is 88.9 cm³/mol. The Balaban J connectivity index is 1.87. The summed E-state index contributed by atoms with van der Waals surface area (Å²) in [6.07, 6.45) is 6.17. The normalized spacial score (nSPS) is 20.6. The maximum absolute atomic E-state index is 6.10. The minimum Gasteiger partial charge on any atom is -0.329 e. The van der Waals surface area contributed by atoms with E-state index in [1.54, 1.807) is 0 Å². The smallest absolute Gasteiger partial charge is 0.0476 e. The Morgan fingerprint density at radius 2 is 1.90 bits per heavy atom. The van der Waals surface area contributed by atoms with Gasteiger partial charge in [-0.1, -0.05) is 28.1 Å². The topological polar surface area (TPSA) is 42.1 Å². The molecular formula is C17H20BrN3. The van der Waals surface area contributed by atoms with Crippen molar-refractivity contribution in [3.8, 4) is 0 Å². The van der Waals surface area contributed by atoms with Gasteiger partial charge in [-0.05, 0) is 54.8 Å². The molecule has 3 rings (SSSR count). The van der Waals surface area contributed by atoms with Crippen molar-refractivity contribution >= 4 is 15.9 Å². The van der Waals surface area contributed by atoms with E-state index in [9.17, 15) is 0 Å². The molecule has 1 aromatic heterocycles. The zero-order chi connectivity index (χ0) is 14.7. The van der Waals surface area contributed by atoms with Crippen LogP contribution in [0.4, 0.5) is 0 Å². The van der Waals surface area contributed by atoms with E-state index >= 15 is 0 Å². The minimum absolute atomic E-state index is 0.277. The summed E-state index contributed by atoms with van der Waals surface area (Å²) >= 11 is 3.50. The van der Waals surface area contributed by atoms with Gasteiger partial charge in [-0.25, -0.2) is 0 Å². The molecule has 1 fully saturated rings. The lowest BCUT2D eigenvalue weighted by Crippen LogP contribution is -2.33. The van der Waals surface area contributed by atoms with Crippen LogP contribution < -0.4 is 5.73 Å². The molecule has 21 heavy (non-hydrogen) atoms. The van der Waals surface area contributed by atoms with Gasteiger partial charge in [0.1, 0.15) is 0 Å². The predicted octanol–water partition coefficient (Wildman–Crippen LogP) is 3.68. The lowest BCUT2D eigenvalue weighted by atomic mass is 10.0. The summed E-state index contributed by atoms with van der Waals surface area (Å²) in [6, 6.07) is 13.5. The second kappa shape index (κ2) is 6.69. The Hall–Kier alpha value is -1.23. The lowest BCUT2D eigenvalue weighted by molar-refractivity contribution is 0.185. The molecule has 1 aromatic carbocycles. The van der Waals surface area contributed by atoms with Crippen LogP contribution in [0.25, 0.3) is 0 Å². The second-order valence-electron chi connectivity index (χ2n) is 5.48. The highest BCUT2D eigenvalue weighted by Crippen LogP contribution is 2.38. The minimum atomic E-state index is 0.277. The van der Waals surface area contributed by atoms with Gasteiger partial charge in [0.05, 0.1) is 0 Å². The fraction of sp³-hybridized carbons (Fsp3) is 0.353. The van der Waals surface area contributed by atoms with Crippen LogP contribution >= 0.6 is 15.9 Å². The van der Waals surface area contributed by atoms with Crippen molar-refractivity contribution in [2.45, 2.75) is 24.9 Å². The van der Waals surface area contributed by atoms with E-state index < -0.39 is 0 Å². The summed E-state index contributed by atoms with van der Waals surface area (Å²) < 4.78 is 1.11. The maximum atomic E-state index is 6.10. The maximum Gasteiger partial charge on any atom is 0.0476 e. The highest BCUT2D eigenvalue weighted by Gasteiger charge is 2.31. The molecule has 2 aromatic rings. The monoisotopic (exact) mass is 345 g/mol. The molecule has 0 bridgehead atoms. The summed E-state index contributed by atoms with van der Waals surface area (Å²) in [7, 11) is 0. The van der Waals surface area contributed by atoms with Crippen LogP contribution in [0.5, 0.6) is 0 Å². The molecule has 0 spiro atoms. The van der Waals surface area contributed by atoms with Crippen LogP contribution in [0, 0.1) is 0 Å². The molecule has 0 radical (unpaired) electrons. The molecular weight excluding hydrogens is 326 g/mol. The van der Waals surface area contributed by atoms with Crippen molar-refractivity contribution in [3.05, 3.63) is 64.4 Å². The number of hydrogen-bond acceptors (Lipinski definition) is 3. The van der Waals surface area contributed by atoms with E-state index in [0.717, 1.165) is 11.0 Å². The number of aromatic nitrogens is 1. The van der Waals surface area contributed by atoms with Gasteiger partial charge in [-0.3, -0.25) is 9.88 Å². The number of nitrogens with two attached hydrogens (primary N) is 1. The molecule has 2 heterocycles. The van der Waals surface area contributed by atoms with Crippen LogP contribution in [0.1, 0.15) is 36.1 Å². The number of benzene rings is 1. The lowest BCUT2D eigenvalue weighted by Gasteiger charge is -2.33. The number of likely N-dealkylation sites (tertiary alicyclic amines) is 1. The second-order valence-corrected chi connectivity index (χ2v) is 6.40. The van der Waals surface area contributed by atoms with Gasteiger partial charge in [0.15, 0.2) is 0 Å². The molecule has 2 unspecified atom stereocenters. The van der Waals surface area contributed by atoms with Gasteiger partial charge in [0.25, 0.3) is 0 Å². The summed E-state index contributed by atoms with van der Waals surface area (Å²) in [5, 5.41) is 0. The molecule has 1 aliphatic heterocycles. The van der Waals surface area contributed by atoms with Crippen molar-refractivity contribution < 1.29 is 0 Å². The summed E-state index contributed by atoms with van der Waals surface area (Å²) in [5.41, 5.74) is 8.74. The molecule has 0 amide bonds. The standard InChI is InChI=1S/C17H20BrN3/c18-15-5-3-13(4-6-15)17(12-19)21-11-1-2-16(21)14-7-9-20-10-8-14/h3-10,16-17H,1-2,11-12,19H2. The third-order valence-corrected chi connectivity index (χ3v) is 4.79. The number of halogens is 1. The Kier molecular flexibility index (Phi) is 4.68. The van der Waals surface area contributed by atoms with Crippen LogP contribution in [-0.2, 0) is 0 Å². The van der Waals surface area contributed by atoms with Crippen LogP contribution in [0.15, 0.2) is 53.3 Å². The number of rotatable bonds is 4. The summed E-state index contributed by atoms with van der Waals surface area (Å²) in [4.78, 5) is 6.67. The van der Waals surface area contributed by atoms with Gasteiger partial charge in [-0.15, -0.1) is 0 Å². The number of hydrogen-bond donors (Lipinski definition) is 1. The first-order valence-corrected chi connectivity index (χ1v) is 8.20. The Bertz CT molecular complexity index is 570. The first-order chi connectivity index (χ1) is 10.3. The van der Waals surface area contributed by atoms with E-state index in [1.807, 2.05) is 12.4 Å². The van der Waals surface area contributed by atoms with Gasteiger partial charge < -0.3 is 5.73 Å². The molecule has 2 atom stereocenters. The van der Waals surface area contributed by atoms with E-state index in [2.05, 4.69) is 62.2 Å². The quantitative estimate of drug-likeness (QED) is 0.918. The first-order valence-electron chi connectivity index (χ1n) is 7.41. The Labute approximate surface area is 134 Å². The average molecular weight is 346 g/mol. The van der Waals surface area contributed by atoms with Gasteiger partial charge in [-0.2, -0.15) is 0 Å². The molecule has 0 saturated carbocycles. The molecule has 3 nitrogen and oxygen atoms in total. The molecule has 4 heteroatoms. The van der Waals surface area contributed by atoms with Crippen molar-refractivity contribution in [3.63, 3.8) is 0 Å². The number of nitrogens with zero attached hydrogens (tertiary/aromatic N) is 2. The highest BCUT2D eigenvalue weighted by molar-refractivity contribution is 9.10. The van der Waals surface area contributed by atoms with Crippen molar-refractivity contribution in [1.82, 2.24) is 9.88 Å². The molecule has 1 aliphatic rings. The molecule has 1 saturated heterocycles. The van der Waals surface area contributed by atoms with Crippen LogP contribution in [-0.4, -0.2) is 23.0 Å². The zero-order valence-corrected chi connectivity index (χ0v) is 13.5. The third-order valence-electron chi connectivity index (χ3n) is 4.26. The van der Waals surface area contributed by atoms with Crippen LogP contribution in [0.3, 0.4) is 0 Å². The first kappa shape index (κ1) is 14.7. The SMILES string of the molecule is NCC(c1ccc(Br)cc1)N1CCCC1c1ccncc1. The zero-order valence-electron chi connectivity index (χ0n) is 12.0. The summed E-state index contributed by atoms with van der Waals surface area (Å²) in [6.45, 7) is 1.74. The van der Waals surface area contributed by atoms with Gasteiger partial charge in [0.2, 0.25) is 0 Å². The van der Waals surface area contributed by atoms with Gasteiger partial charge >= 0.3 is 0 Å². The van der Waals surface area contributed by atoms with E-state index in [4.69, 9.17) is 5.73 Å². The van der Waals surface area contributed by atoms with Crippen molar-refractivity contribution in [2.24, 2.45) is 5.73 Å². The average Bonchev–Trinajstić information content (AvgIpc) is 3.00. The fourth-order valence-corrected chi connectivity index (χ4v) is 3.52. The van der Waals surface area contributed by atoms with E-state index in [1.165, 1.54) is 24.0 Å². The van der Waals surface area contributed by atoms with Gasteiger partial charge in [0, 0.05) is 35.5 Å². The summed E-state index contributed by atoms with van der Waals surface area (Å²) in [5.74, 6) is 0. The third kappa shape index (κ3) is 3.18. The highest BCUT2D eigenvalue weighted by atomic mass is 79.9. The van der Waals surface area contributed by atoms with Crippen molar-refractivity contribution in [2.75, 3.05) is 13.1 Å².